The molecular formula is C13H13NO6S. The molecule has 2 rings (SSSR count). The lowest BCUT2D eigenvalue weighted by Gasteiger charge is -2.10. The summed E-state index contributed by atoms with van der Waals surface area (Å²) >= 11 is 0. The van der Waals surface area contributed by atoms with Gasteiger partial charge in [0, 0.05) is 11.6 Å². The second-order valence-corrected chi connectivity index (χ2v) is 5.91. The number of aliphatic hydroxyl groups is 1. The lowest BCUT2D eigenvalue weighted by molar-refractivity contribution is 0.0661. The number of rotatable bonds is 5. The third-order valence-corrected chi connectivity index (χ3v) is 4.28. The van der Waals surface area contributed by atoms with Crippen LogP contribution in [0.25, 0.3) is 0 Å². The Morgan fingerprint density at radius 1 is 1.33 bits per heavy atom. The van der Waals surface area contributed by atoms with Crippen molar-refractivity contribution in [2.24, 2.45) is 0 Å². The van der Waals surface area contributed by atoms with Gasteiger partial charge < -0.3 is 14.6 Å². The number of furan rings is 1. The Kier molecular flexibility index (Phi) is 4.01. The smallest absolute Gasteiger partial charge is 0.371 e. The van der Waals surface area contributed by atoms with Crippen molar-refractivity contribution in [3.63, 3.8) is 0 Å². The van der Waals surface area contributed by atoms with E-state index in [1.807, 2.05) is 0 Å². The third-order valence-electron chi connectivity index (χ3n) is 2.80. The number of aromatic carboxylic acids is 1. The molecule has 0 amide bonds. The summed E-state index contributed by atoms with van der Waals surface area (Å²) < 4.78 is 31.8. The molecule has 21 heavy (non-hydrogen) atoms. The number of carboxylic acid groups (broad SMARTS) is 1. The molecule has 112 valence electrons. The van der Waals surface area contributed by atoms with Crippen molar-refractivity contribution in [3.8, 4) is 0 Å². The summed E-state index contributed by atoms with van der Waals surface area (Å²) in [5, 5.41) is 18.0. The standard InChI is InChI=1S/C13H13NO6S/c1-8-12(6-11(20-8)13(16)17)21(18,19)14-10-5-3-2-4-9(10)7-15/h2-6,14-15H,7H2,1H3,(H,16,17). The Labute approximate surface area is 120 Å². The maximum absolute atomic E-state index is 12.3. The summed E-state index contributed by atoms with van der Waals surface area (Å²) in [6, 6.07) is 7.29. The summed E-state index contributed by atoms with van der Waals surface area (Å²) in [6.45, 7) is 1.03. The van der Waals surface area contributed by atoms with Gasteiger partial charge in [-0.1, -0.05) is 18.2 Å². The number of carbonyl (C=O) groups is 1. The quantitative estimate of drug-likeness (QED) is 0.771. The van der Waals surface area contributed by atoms with Gasteiger partial charge in [-0.05, 0) is 13.0 Å². The van der Waals surface area contributed by atoms with Gasteiger partial charge in [-0.15, -0.1) is 0 Å². The fraction of sp³-hybridized carbons (Fsp3) is 0.154. The Bertz CT molecular complexity index is 778. The molecule has 0 fully saturated rings. The third kappa shape index (κ3) is 3.06. The van der Waals surface area contributed by atoms with Crippen molar-refractivity contribution >= 4 is 21.7 Å². The molecule has 0 unspecified atom stereocenters. The number of sulfonamides is 1. The molecule has 0 spiro atoms. The fourth-order valence-electron chi connectivity index (χ4n) is 1.80. The molecule has 0 saturated carbocycles. The number of nitrogens with one attached hydrogen (secondary N) is 1. The molecule has 0 saturated heterocycles. The first-order valence-electron chi connectivity index (χ1n) is 5.90. The van der Waals surface area contributed by atoms with Crippen LogP contribution in [0, 0.1) is 6.92 Å². The van der Waals surface area contributed by atoms with Crippen molar-refractivity contribution in [2.45, 2.75) is 18.4 Å². The molecular weight excluding hydrogens is 298 g/mol. The minimum atomic E-state index is -4.01. The van der Waals surface area contributed by atoms with Crippen LogP contribution in [0.1, 0.15) is 21.9 Å². The Morgan fingerprint density at radius 2 is 2.00 bits per heavy atom. The number of aliphatic hydroxyl groups excluding tert-OH is 1. The van der Waals surface area contributed by atoms with Crippen molar-refractivity contribution in [3.05, 3.63) is 47.4 Å². The van der Waals surface area contributed by atoms with Crippen LogP contribution in [0.2, 0.25) is 0 Å². The van der Waals surface area contributed by atoms with E-state index in [0.717, 1.165) is 6.07 Å². The van der Waals surface area contributed by atoms with E-state index >= 15 is 0 Å². The van der Waals surface area contributed by atoms with E-state index < -0.39 is 21.8 Å². The minimum Gasteiger partial charge on any atom is -0.475 e. The first-order chi connectivity index (χ1) is 9.85. The number of hydrogen-bond donors (Lipinski definition) is 3. The van der Waals surface area contributed by atoms with E-state index in [1.165, 1.54) is 13.0 Å². The van der Waals surface area contributed by atoms with Gasteiger partial charge >= 0.3 is 5.97 Å². The van der Waals surface area contributed by atoms with Crippen molar-refractivity contribution < 1.29 is 27.8 Å². The number of carboxylic acids is 1. The molecule has 1 aromatic heterocycles. The van der Waals surface area contributed by atoms with Gasteiger partial charge in [-0.25, -0.2) is 13.2 Å². The van der Waals surface area contributed by atoms with E-state index in [-0.39, 0.29) is 22.9 Å². The maximum Gasteiger partial charge on any atom is 0.371 e. The molecule has 3 N–H and O–H groups in total. The normalized spacial score (nSPS) is 11.3. The Balaban J connectivity index is 2.41. The van der Waals surface area contributed by atoms with Gasteiger partial charge in [-0.3, -0.25) is 4.72 Å². The predicted octanol–water partition coefficient (Wildman–Crippen LogP) is 1.58. The molecule has 7 nitrogen and oxygen atoms in total. The first-order valence-corrected chi connectivity index (χ1v) is 7.39. The zero-order valence-electron chi connectivity index (χ0n) is 11.0. The molecule has 0 aliphatic carbocycles. The summed E-state index contributed by atoms with van der Waals surface area (Å²) in [4.78, 5) is 10.6. The Hall–Kier alpha value is -2.32. The average Bonchev–Trinajstić information content (AvgIpc) is 2.82. The van der Waals surface area contributed by atoms with E-state index in [9.17, 15) is 18.3 Å². The molecule has 0 atom stereocenters. The van der Waals surface area contributed by atoms with Crippen LogP contribution < -0.4 is 4.72 Å². The average molecular weight is 311 g/mol. The Morgan fingerprint density at radius 3 is 2.57 bits per heavy atom. The highest BCUT2D eigenvalue weighted by Crippen LogP contribution is 2.24. The first kappa shape index (κ1) is 15.1. The SMILES string of the molecule is Cc1oc(C(=O)O)cc1S(=O)(=O)Nc1ccccc1CO. The number of hydrogen-bond acceptors (Lipinski definition) is 5. The number of aryl methyl sites for hydroxylation is 1. The van der Waals surface area contributed by atoms with Crippen LogP contribution >= 0.6 is 0 Å². The van der Waals surface area contributed by atoms with Crippen molar-refractivity contribution in [2.75, 3.05) is 4.72 Å². The molecule has 8 heteroatoms. The zero-order chi connectivity index (χ0) is 15.6. The van der Waals surface area contributed by atoms with Gasteiger partial charge in [0.15, 0.2) is 0 Å². The molecule has 1 heterocycles. The van der Waals surface area contributed by atoms with Gasteiger partial charge in [0.05, 0.1) is 12.3 Å². The number of benzene rings is 1. The molecule has 0 bridgehead atoms. The van der Waals surface area contributed by atoms with Crippen LogP contribution in [-0.2, 0) is 16.6 Å². The topological polar surface area (TPSA) is 117 Å². The lowest BCUT2D eigenvalue weighted by atomic mass is 10.2. The molecule has 1 aromatic carbocycles. The minimum absolute atomic E-state index is 0.0265. The van der Waals surface area contributed by atoms with E-state index in [0.29, 0.717) is 5.56 Å². The van der Waals surface area contributed by atoms with E-state index in [2.05, 4.69) is 4.72 Å². The van der Waals surface area contributed by atoms with E-state index in [1.54, 1.807) is 18.2 Å². The highest BCUT2D eigenvalue weighted by atomic mass is 32.2. The fourth-order valence-corrected chi connectivity index (χ4v) is 3.08. The van der Waals surface area contributed by atoms with Gasteiger partial charge in [-0.2, -0.15) is 0 Å². The largest absolute Gasteiger partial charge is 0.475 e. The van der Waals surface area contributed by atoms with Crippen LogP contribution in [0.5, 0.6) is 0 Å². The maximum atomic E-state index is 12.3. The summed E-state index contributed by atoms with van der Waals surface area (Å²) in [6.07, 6.45) is 0. The van der Waals surface area contributed by atoms with Gasteiger partial charge in [0.1, 0.15) is 10.7 Å². The number of para-hydroxylation sites is 1. The van der Waals surface area contributed by atoms with Crippen LogP contribution in [0.4, 0.5) is 5.69 Å². The lowest BCUT2D eigenvalue weighted by Crippen LogP contribution is -2.14. The second kappa shape index (κ2) is 5.58. The highest BCUT2D eigenvalue weighted by molar-refractivity contribution is 7.92. The molecule has 0 aliphatic rings. The van der Waals surface area contributed by atoms with Gasteiger partial charge in [0.25, 0.3) is 10.0 Å². The van der Waals surface area contributed by atoms with E-state index in [4.69, 9.17) is 9.52 Å². The van der Waals surface area contributed by atoms with Crippen molar-refractivity contribution in [1.82, 2.24) is 0 Å². The number of anilines is 1. The van der Waals surface area contributed by atoms with Crippen LogP contribution in [-0.4, -0.2) is 24.6 Å². The molecule has 0 radical (unpaired) electrons. The molecule has 2 aromatic rings. The summed E-state index contributed by atoms with van der Waals surface area (Å²) in [5.74, 6) is -1.83. The second-order valence-electron chi connectivity index (χ2n) is 4.26. The molecule has 0 aliphatic heterocycles. The summed E-state index contributed by atoms with van der Waals surface area (Å²) in [7, 11) is -4.01. The van der Waals surface area contributed by atoms with Gasteiger partial charge in [0.2, 0.25) is 5.76 Å². The highest BCUT2D eigenvalue weighted by Gasteiger charge is 2.24. The summed E-state index contributed by atoms with van der Waals surface area (Å²) in [5.41, 5.74) is 0.623. The van der Waals surface area contributed by atoms with Crippen LogP contribution in [0.15, 0.2) is 39.6 Å². The monoisotopic (exact) mass is 311 g/mol. The van der Waals surface area contributed by atoms with Crippen LogP contribution in [0.3, 0.4) is 0 Å². The van der Waals surface area contributed by atoms with Crippen molar-refractivity contribution in [1.29, 1.82) is 0 Å². The zero-order valence-corrected chi connectivity index (χ0v) is 11.8. The predicted molar refractivity (Wildman–Crippen MR) is 73.6 cm³/mol.